The minimum absolute atomic E-state index is 0.737. The molecule has 1 aromatic rings. The molecule has 2 nitrogen and oxygen atoms in total. The van der Waals surface area contributed by atoms with Crippen LogP contribution in [0, 0.1) is 12.8 Å². The molecule has 1 heterocycles. The molecule has 56 valence electrons. The molecule has 2 unspecified atom stereocenters. The second-order valence-electron chi connectivity index (χ2n) is 3.41. The van der Waals surface area contributed by atoms with Crippen molar-refractivity contribution in [2.24, 2.45) is 5.92 Å². The molecule has 0 radical (unpaired) electrons. The van der Waals surface area contributed by atoms with Gasteiger partial charge in [0.05, 0.1) is 5.69 Å². The van der Waals surface area contributed by atoms with E-state index in [-0.39, 0.29) is 0 Å². The maximum atomic E-state index is 5.15. The molecule has 1 fully saturated rings. The van der Waals surface area contributed by atoms with Crippen LogP contribution in [0.15, 0.2) is 10.6 Å². The van der Waals surface area contributed by atoms with E-state index in [0.29, 0.717) is 0 Å². The van der Waals surface area contributed by atoms with Gasteiger partial charge < -0.3 is 4.52 Å². The molecule has 0 saturated heterocycles. The van der Waals surface area contributed by atoms with Gasteiger partial charge in [-0.2, -0.15) is 0 Å². The molecule has 1 aromatic heterocycles. The summed E-state index contributed by atoms with van der Waals surface area (Å²) in [6, 6.07) is 0. The van der Waals surface area contributed by atoms with Crippen LogP contribution in [-0.2, 0) is 0 Å². The normalized spacial score (nSPS) is 31.4. The fourth-order valence-electron chi connectivity index (χ4n) is 1.94. The van der Waals surface area contributed by atoms with Crippen LogP contribution in [0.4, 0.5) is 0 Å². The van der Waals surface area contributed by atoms with Gasteiger partial charge in [0.15, 0.2) is 5.76 Å². The molecule has 0 aromatic carbocycles. The molecule has 2 aliphatic rings. The monoisotopic (exact) mass is 147 g/mol. The van der Waals surface area contributed by atoms with E-state index in [1.165, 1.54) is 12.0 Å². The molecule has 1 saturated carbocycles. The van der Waals surface area contributed by atoms with E-state index in [0.717, 1.165) is 23.3 Å². The van der Waals surface area contributed by atoms with Gasteiger partial charge in [0, 0.05) is 5.56 Å². The SMILES string of the molecule is Cc1noc2c1C1CC1C=C2. The molecule has 2 aliphatic carbocycles. The Labute approximate surface area is 64.9 Å². The third-order valence-electron chi connectivity index (χ3n) is 2.64. The van der Waals surface area contributed by atoms with Crippen molar-refractivity contribution in [3.63, 3.8) is 0 Å². The summed E-state index contributed by atoms with van der Waals surface area (Å²) >= 11 is 0. The predicted octanol–water partition coefficient (Wildman–Crippen LogP) is 2.11. The quantitative estimate of drug-likeness (QED) is 0.561. The van der Waals surface area contributed by atoms with Crippen molar-refractivity contribution >= 4 is 6.08 Å². The standard InChI is InChI=1S/C9H9NO/c1-5-9-7-4-6(7)2-3-8(9)11-10-5/h2-3,6-7H,4H2,1H3. The second-order valence-corrected chi connectivity index (χ2v) is 3.41. The minimum Gasteiger partial charge on any atom is -0.356 e. The fraction of sp³-hybridized carbons (Fsp3) is 0.444. The van der Waals surface area contributed by atoms with Gasteiger partial charge in [-0.15, -0.1) is 0 Å². The van der Waals surface area contributed by atoms with E-state index in [9.17, 15) is 0 Å². The zero-order valence-electron chi connectivity index (χ0n) is 6.37. The van der Waals surface area contributed by atoms with Crippen molar-refractivity contribution < 1.29 is 4.52 Å². The first kappa shape index (κ1) is 5.58. The molecule has 2 atom stereocenters. The summed E-state index contributed by atoms with van der Waals surface area (Å²) < 4.78 is 5.15. The summed E-state index contributed by atoms with van der Waals surface area (Å²) in [5.41, 5.74) is 2.44. The number of fused-ring (bicyclic) bond motifs is 3. The molecule has 0 spiro atoms. The van der Waals surface area contributed by atoms with Gasteiger partial charge >= 0.3 is 0 Å². The number of rotatable bonds is 0. The molecule has 3 rings (SSSR count). The first-order valence-corrected chi connectivity index (χ1v) is 4.00. The largest absolute Gasteiger partial charge is 0.356 e. The minimum atomic E-state index is 0.737. The molecular weight excluding hydrogens is 138 g/mol. The van der Waals surface area contributed by atoms with Gasteiger partial charge in [-0.25, -0.2) is 0 Å². The zero-order valence-corrected chi connectivity index (χ0v) is 6.37. The Morgan fingerprint density at radius 3 is 3.45 bits per heavy atom. The van der Waals surface area contributed by atoms with Gasteiger partial charge in [0.2, 0.25) is 0 Å². The fourth-order valence-corrected chi connectivity index (χ4v) is 1.94. The molecule has 0 bridgehead atoms. The van der Waals surface area contributed by atoms with Crippen molar-refractivity contribution in [2.45, 2.75) is 19.3 Å². The Hall–Kier alpha value is -1.05. The van der Waals surface area contributed by atoms with Crippen molar-refractivity contribution in [3.05, 3.63) is 23.1 Å². The highest BCUT2D eigenvalue weighted by Crippen LogP contribution is 2.53. The maximum Gasteiger partial charge on any atom is 0.163 e. The number of hydrogen-bond acceptors (Lipinski definition) is 2. The van der Waals surface area contributed by atoms with E-state index in [2.05, 4.69) is 17.3 Å². The lowest BCUT2D eigenvalue weighted by Crippen LogP contribution is -1.89. The highest BCUT2D eigenvalue weighted by atomic mass is 16.5. The van der Waals surface area contributed by atoms with Crippen molar-refractivity contribution in [3.8, 4) is 0 Å². The lowest BCUT2D eigenvalue weighted by atomic mass is 10.0. The first-order valence-electron chi connectivity index (χ1n) is 4.00. The Morgan fingerprint density at radius 1 is 1.64 bits per heavy atom. The zero-order chi connectivity index (χ0) is 7.42. The van der Waals surface area contributed by atoms with Gasteiger partial charge in [-0.1, -0.05) is 11.2 Å². The average molecular weight is 147 g/mol. The maximum absolute atomic E-state index is 5.15. The molecular formula is C9H9NO. The van der Waals surface area contributed by atoms with Crippen LogP contribution < -0.4 is 0 Å². The smallest absolute Gasteiger partial charge is 0.163 e. The molecule has 0 amide bonds. The predicted molar refractivity (Wildman–Crippen MR) is 41.1 cm³/mol. The van der Waals surface area contributed by atoms with Crippen molar-refractivity contribution in [1.82, 2.24) is 5.16 Å². The second kappa shape index (κ2) is 1.58. The summed E-state index contributed by atoms with van der Waals surface area (Å²) in [4.78, 5) is 0. The van der Waals surface area contributed by atoms with Crippen LogP contribution >= 0.6 is 0 Å². The van der Waals surface area contributed by atoms with E-state index >= 15 is 0 Å². The van der Waals surface area contributed by atoms with Crippen molar-refractivity contribution in [1.29, 1.82) is 0 Å². The number of aromatic nitrogens is 1. The number of nitrogens with zero attached hydrogens (tertiary/aromatic N) is 1. The van der Waals surface area contributed by atoms with Crippen LogP contribution in [0.2, 0.25) is 0 Å². The number of allylic oxidation sites excluding steroid dienone is 1. The molecule has 2 heteroatoms. The van der Waals surface area contributed by atoms with Crippen molar-refractivity contribution in [2.75, 3.05) is 0 Å². The van der Waals surface area contributed by atoms with Crippen LogP contribution in [0.1, 0.15) is 29.4 Å². The van der Waals surface area contributed by atoms with Gasteiger partial charge in [0.25, 0.3) is 0 Å². The van der Waals surface area contributed by atoms with Crippen LogP contribution in [-0.4, -0.2) is 5.16 Å². The first-order chi connectivity index (χ1) is 5.36. The summed E-state index contributed by atoms with van der Waals surface area (Å²) in [5, 5.41) is 3.95. The summed E-state index contributed by atoms with van der Waals surface area (Å²) in [6.07, 6.45) is 5.59. The summed E-state index contributed by atoms with van der Waals surface area (Å²) in [6.45, 7) is 2.02. The lowest BCUT2D eigenvalue weighted by molar-refractivity contribution is 0.407. The molecule has 0 aliphatic heterocycles. The molecule has 0 N–H and O–H groups in total. The van der Waals surface area contributed by atoms with Crippen LogP contribution in [0.3, 0.4) is 0 Å². The van der Waals surface area contributed by atoms with Gasteiger partial charge in [-0.05, 0) is 31.3 Å². The highest BCUT2D eigenvalue weighted by molar-refractivity contribution is 5.57. The Bertz CT molecular complexity index is 337. The number of hydrogen-bond donors (Lipinski definition) is 0. The Kier molecular flexibility index (Phi) is 0.799. The highest BCUT2D eigenvalue weighted by Gasteiger charge is 2.42. The molecule has 11 heavy (non-hydrogen) atoms. The van der Waals surface area contributed by atoms with E-state index in [4.69, 9.17) is 4.52 Å². The third kappa shape index (κ3) is 0.595. The van der Waals surface area contributed by atoms with E-state index in [1.807, 2.05) is 6.92 Å². The lowest BCUT2D eigenvalue weighted by Gasteiger charge is -1.99. The summed E-state index contributed by atoms with van der Waals surface area (Å²) in [5.74, 6) is 2.52. The Balaban J connectivity index is 2.27. The summed E-state index contributed by atoms with van der Waals surface area (Å²) in [7, 11) is 0. The van der Waals surface area contributed by atoms with Crippen LogP contribution in [0.5, 0.6) is 0 Å². The van der Waals surface area contributed by atoms with E-state index < -0.39 is 0 Å². The van der Waals surface area contributed by atoms with E-state index in [1.54, 1.807) is 0 Å². The Morgan fingerprint density at radius 2 is 2.55 bits per heavy atom. The third-order valence-corrected chi connectivity index (χ3v) is 2.64. The van der Waals surface area contributed by atoms with Gasteiger partial charge in [-0.3, -0.25) is 0 Å². The average Bonchev–Trinajstić information content (AvgIpc) is 2.71. The number of aryl methyl sites for hydroxylation is 1. The topological polar surface area (TPSA) is 26.0 Å². The van der Waals surface area contributed by atoms with Gasteiger partial charge in [0.1, 0.15) is 0 Å². The van der Waals surface area contributed by atoms with Crippen LogP contribution in [0.25, 0.3) is 6.08 Å².